The molecule has 1 unspecified atom stereocenters. The Morgan fingerprint density at radius 2 is 1.79 bits per heavy atom. The van der Waals surface area contributed by atoms with E-state index in [-0.39, 0.29) is 18.4 Å². The summed E-state index contributed by atoms with van der Waals surface area (Å²) in [6.07, 6.45) is 2.98. The van der Waals surface area contributed by atoms with Gasteiger partial charge in [0.1, 0.15) is 17.5 Å². The molecule has 1 fully saturated rings. The van der Waals surface area contributed by atoms with Gasteiger partial charge in [-0.3, -0.25) is 19.3 Å². The Hall–Kier alpha value is -4.34. The molecule has 1 saturated carbocycles. The molecule has 1 aliphatic carbocycles. The predicted molar refractivity (Wildman–Crippen MR) is 156 cm³/mol. The van der Waals surface area contributed by atoms with Crippen molar-refractivity contribution in [3.8, 4) is 5.75 Å². The van der Waals surface area contributed by atoms with Crippen molar-refractivity contribution in [3.63, 3.8) is 0 Å². The summed E-state index contributed by atoms with van der Waals surface area (Å²) in [6.45, 7) is 8.75. The van der Waals surface area contributed by atoms with Crippen molar-refractivity contribution in [1.82, 2.24) is 15.1 Å². The molecule has 42 heavy (non-hydrogen) atoms. The van der Waals surface area contributed by atoms with Crippen molar-refractivity contribution >= 4 is 28.8 Å². The Morgan fingerprint density at radius 3 is 2.43 bits per heavy atom. The average molecular weight is 574 g/mol. The first-order valence-electron chi connectivity index (χ1n) is 14.2. The van der Waals surface area contributed by atoms with E-state index in [2.05, 4.69) is 27.6 Å². The van der Waals surface area contributed by atoms with Crippen LogP contribution in [0.2, 0.25) is 0 Å². The molecule has 2 amide bonds. The minimum absolute atomic E-state index is 0.0884. The third kappa shape index (κ3) is 4.88. The van der Waals surface area contributed by atoms with Crippen molar-refractivity contribution in [2.45, 2.75) is 58.5 Å². The molecule has 2 atom stereocenters. The van der Waals surface area contributed by atoms with E-state index in [1.807, 2.05) is 45.0 Å². The van der Waals surface area contributed by atoms with Gasteiger partial charge in [-0.2, -0.15) is 5.10 Å². The van der Waals surface area contributed by atoms with Crippen molar-refractivity contribution in [2.24, 2.45) is 10.4 Å². The molecule has 8 nitrogen and oxygen atoms in total. The molecule has 2 aliphatic heterocycles. The molecule has 0 saturated heterocycles. The van der Waals surface area contributed by atoms with Crippen molar-refractivity contribution in [2.75, 3.05) is 18.5 Å². The van der Waals surface area contributed by atoms with Crippen LogP contribution in [0.5, 0.6) is 5.75 Å². The van der Waals surface area contributed by atoms with Gasteiger partial charge >= 0.3 is 0 Å². The minimum atomic E-state index is -1.10. The highest BCUT2D eigenvalue weighted by atomic mass is 19.2. The lowest BCUT2D eigenvalue weighted by atomic mass is 9.75. The maximum absolute atomic E-state index is 14.6. The lowest BCUT2D eigenvalue weighted by Gasteiger charge is -2.38. The second-order valence-electron chi connectivity index (χ2n) is 11.8. The number of benzene rings is 2. The molecule has 6 rings (SSSR count). The SMILES string of the molecule is CC1=NCC(C)=C1c1ccc(NC(=O)[C@@H](NC(=O)c2ccnn2C(C)C)C2c3cc(F)c(F)cc3OCC23CC3)cc1. The zero-order valence-electron chi connectivity index (χ0n) is 24.0. The molecule has 0 radical (unpaired) electrons. The number of amides is 2. The van der Waals surface area contributed by atoms with Gasteiger partial charge in [-0.1, -0.05) is 12.1 Å². The molecule has 2 aromatic carbocycles. The second kappa shape index (κ2) is 10.5. The van der Waals surface area contributed by atoms with E-state index in [1.165, 1.54) is 11.8 Å². The van der Waals surface area contributed by atoms with E-state index in [0.29, 0.717) is 23.5 Å². The number of carbonyl (C=O) groups excluding carboxylic acids is 2. The molecule has 1 spiro atoms. The highest BCUT2D eigenvalue weighted by Gasteiger charge is 2.58. The van der Waals surface area contributed by atoms with E-state index < -0.39 is 40.8 Å². The second-order valence-corrected chi connectivity index (χ2v) is 11.8. The van der Waals surface area contributed by atoms with Gasteiger partial charge in [0.05, 0.1) is 13.2 Å². The van der Waals surface area contributed by atoms with Crippen LogP contribution in [0.25, 0.3) is 5.57 Å². The van der Waals surface area contributed by atoms with Gasteiger partial charge in [-0.15, -0.1) is 0 Å². The fourth-order valence-corrected chi connectivity index (χ4v) is 6.22. The smallest absolute Gasteiger partial charge is 0.270 e. The number of carbonyl (C=O) groups is 2. The lowest BCUT2D eigenvalue weighted by molar-refractivity contribution is -0.119. The summed E-state index contributed by atoms with van der Waals surface area (Å²) < 4.78 is 36.2. The van der Waals surface area contributed by atoms with Crippen LogP contribution in [-0.2, 0) is 4.79 Å². The number of allylic oxidation sites excluding steroid dienone is 1. The molecular weight excluding hydrogens is 540 g/mol. The summed E-state index contributed by atoms with van der Waals surface area (Å²) in [7, 11) is 0. The third-order valence-corrected chi connectivity index (χ3v) is 8.53. The van der Waals surface area contributed by atoms with Crippen LogP contribution in [0.1, 0.15) is 74.1 Å². The summed E-state index contributed by atoms with van der Waals surface area (Å²) in [5.41, 5.74) is 4.98. The van der Waals surface area contributed by atoms with Crippen LogP contribution in [0.15, 0.2) is 59.2 Å². The van der Waals surface area contributed by atoms with E-state index in [9.17, 15) is 18.4 Å². The zero-order valence-corrected chi connectivity index (χ0v) is 24.0. The molecule has 10 heteroatoms. The molecule has 3 heterocycles. The Bertz CT molecular complexity index is 1640. The van der Waals surface area contributed by atoms with Crippen molar-refractivity contribution < 1.29 is 23.1 Å². The van der Waals surface area contributed by atoms with Crippen LogP contribution in [-0.4, -0.2) is 46.5 Å². The number of nitrogens with zero attached hydrogens (tertiary/aromatic N) is 3. The Morgan fingerprint density at radius 1 is 1.07 bits per heavy atom. The summed E-state index contributed by atoms with van der Waals surface area (Å²) >= 11 is 0. The number of hydrogen-bond donors (Lipinski definition) is 2. The van der Waals surface area contributed by atoms with Crippen LogP contribution < -0.4 is 15.4 Å². The highest BCUT2D eigenvalue weighted by molar-refractivity contribution is 6.25. The van der Waals surface area contributed by atoms with Gasteiger partial charge in [0, 0.05) is 52.2 Å². The maximum atomic E-state index is 14.6. The molecule has 2 N–H and O–H groups in total. The molecule has 3 aliphatic rings. The van der Waals surface area contributed by atoms with Crippen LogP contribution >= 0.6 is 0 Å². The molecule has 3 aromatic rings. The van der Waals surface area contributed by atoms with Crippen LogP contribution in [0.3, 0.4) is 0 Å². The summed E-state index contributed by atoms with van der Waals surface area (Å²) in [4.78, 5) is 32.2. The van der Waals surface area contributed by atoms with E-state index in [0.717, 1.165) is 41.8 Å². The Kier molecular flexibility index (Phi) is 6.95. The topological polar surface area (TPSA) is 97.6 Å². The first-order valence-corrected chi connectivity index (χ1v) is 14.2. The van der Waals surface area contributed by atoms with Crippen molar-refractivity contribution in [1.29, 1.82) is 0 Å². The summed E-state index contributed by atoms with van der Waals surface area (Å²) in [6, 6.07) is 9.99. The van der Waals surface area contributed by atoms with Gasteiger partial charge < -0.3 is 15.4 Å². The Labute approximate surface area is 242 Å². The quantitative estimate of drug-likeness (QED) is 0.380. The van der Waals surface area contributed by atoms with Gasteiger partial charge in [0.15, 0.2) is 11.6 Å². The minimum Gasteiger partial charge on any atom is -0.493 e. The molecule has 218 valence electrons. The van der Waals surface area contributed by atoms with E-state index in [1.54, 1.807) is 10.7 Å². The Balaban J connectivity index is 1.35. The number of fused-ring (bicyclic) bond motifs is 1. The lowest BCUT2D eigenvalue weighted by Crippen LogP contribution is -2.52. The normalized spacial score (nSPS) is 19.3. The molecular formula is C32H33F2N5O3. The standard InChI is InChI=1S/C32H33F2N5O3/c1-17(2)39-25(9-12-36-39)30(40)38-29(28-22-13-23(33)24(34)14-26(22)42-16-32(28)10-11-32)31(41)37-21-7-5-20(6-8-21)27-18(3)15-35-19(27)4/h5-9,12-14,17,28-29H,10-11,15-16H2,1-4H3,(H,37,41)(H,38,40)/t28?,29-/m0/s1. The highest BCUT2D eigenvalue weighted by Crippen LogP contribution is 2.61. The fourth-order valence-electron chi connectivity index (χ4n) is 6.22. The summed E-state index contributed by atoms with van der Waals surface area (Å²) in [5, 5.41) is 10.1. The number of aromatic nitrogens is 2. The summed E-state index contributed by atoms with van der Waals surface area (Å²) in [5.74, 6) is -3.47. The first kappa shape index (κ1) is 27.8. The van der Waals surface area contributed by atoms with Crippen LogP contribution in [0.4, 0.5) is 14.5 Å². The van der Waals surface area contributed by atoms with E-state index in [4.69, 9.17) is 4.74 Å². The fraction of sp³-hybridized carbons (Fsp3) is 0.375. The van der Waals surface area contributed by atoms with Gasteiger partial charge in [0.25, 0.3) is 5.91 Å². The van der Waals surface area contributed by atoms with Crippen LogP contribution in [0, 0.1) is 17.0 Å². The molecule has 1 aromatic heterocycles. The largest absolute Gasteiger partial charge is 0.493 e. The number of anilines is 1. The molecule has 0 bridgehead atoms. The number of aliphatic imine (C=N–C) groups is 1. The first-order chi connectivity index (χ1) is 20.1. The number of nitrogens with one attached hydrogen (secondary N) is 2. The number of hydrogen-bond acceptors (Lipinski definition) is 5. The predicted octanol–water partition coefficient (Wildman–Crippen LogP) is 5.68. The van der Waals surface area contributed by atoms with Crippen molar-refractivity contribution in [3.05, 3.63) is 82.7 Å². The van der Waals surface area contributed by atoms with Gasteiger partial charge in [0.2, 0.25) is 5.91 Å². The van der Waals surface area contributed by atoms with Gasteiger partial charge in [-0.05, 0) is 75.9 Å². The number of ether oxygens (including phenoxy) is 1. The third-order valence-electron chi connectivity index (χ3n) is 8.53. The number of rotatable bonds is 7. The van der Waals surface area contributed by atoms with Gasteiger partial charge in [-0.25, -0.2) is 8.78 Å². The maximum Gasteiger partial charge on any atom is 0.270 e. The zero-order chi connectivity index (χ0) is 29.8. The monoisotopic (exact) mass is 573 g/mol. The average Bonchev–Trinajstić information content (AvgIpc) is 3.38. The van der Waals surface area contributed by atoms with E-state index >= 15 is 0 Å². The number of halogens is 2.